The van der Waals surface area contributed by atoms with Gasteiger partial charge in [0.1, 0.15) is 17.5 Å². The van der Waals surface area contributed by atoms with Crippen LogP contribution in [0.5, 0.6) is 0 Å². The molecule has 0 bridgehead atoms. The summed E-state index contributed by atoms with van der Waals surface area (Å²) in [5, 5.41) is 0. The molecule has 0 atom stereocenters. The zero-order valence-corrected chi connectivity index (χ0v) is 12.5. The number of nitrogen functional groups attached to an aromatic ring is 1. The van der Waals surface area contributed by atoms with Crippen LogP contribution < -0.4 is 16.2 Å². The van der Waals surface area contributed by atoms with Gasteiger partial charge in [0, 0.05) is 25.1 Å². The molecule has 5 heteroatoms. The van der Waals surface area contributed by atoms with Crippen molar-refractivity contribution < 1.29 is 0 Å². The van der Waals surface area contributed by atoms with E-state index in [-0.39, 0.29) is 0 Å². The van der Waals surface area contributed by atoms with Crippen molar-refractivity contribution in [2.75, 3.05) is 23.4 Å². The number of hydrogen-bond donors (Lipinski definition) is 2. The Morgan fingerprint density at radius 1 is 1.26 bits per heavy atom. The molecule has 1 saturated heterocycles. The summed E-state index contributed by atoms with van der Waals surface area (Å²) >= 11 is 0. The fourth-order valence-electron chi connectivity index (χ4n) is 2.48. The molecule has 0 radical (unpaired) electrons. The van der Waals surface area contributed by atoms with Crippen molar-refractivity contribution in [3.05, 3.63) is 11.4 Å². The standard InChI is InChI=1S/C14H25N5/c1-5-11-16-12(18-15)10(2)13(17-11)19-8-6-14(3,4)7-9-19/h5-9,15H2,1-4H3,(H,16,17,18). The number of aromatic nitrogens is 2. The smallest absolute Gasteiger partial charge is 0.148 e. The molecule has 1 aromatic rings. The second-order valence-electron chi connectivity index (χ2n) is 6.09. The monoisotopic (exact) mass is 263 g/mol. The molecule has 5 nitrogen and oxygen atoms in total. The fourth-order valence-corrected chi connectivity index (χ4v) is 2.48. The quantitative estimate of drug-likeness (QED) is 0.647. The van der Waals surface area contributed by atoms with Crippen LogP contribution in [0.15, 0.2) is 0 Å². The highest BCUT2D eigenvalue weighted by molar-refractivity contribution is 5.58. The van der Waals surface area contributed by atoms with E-state index in [1.807, 2.05) is 6.92 Å². The van der Waals surface area contributed by atoms with Crippen LogP contribution in [0.3, 0.4) is 0 Å². The number of nitrogens with one attached hydrogen (secondary N) is 1. The molecule has 2 rings (SSSR count). The van der Waals surface area contributed by atoms with Crippen LogP contribution in [0.1, 0.15) is 45.0 Å². The van der Waals surface area contributed by atoms with E-state index in [2.05, 4.69) is 36.1 Å². The second-order valence-corrected chi connectivity index (χ2v) is 6.09. The van der Waals surface area contributed by atoms with Crippen LogP contribution in [0.2, 0.25) is 0 Å². The SMILES string of the molecule is CCc1nc(NN)c(C)c(N2CCC(C)(C)CC2)n1. The zero-order valence-electron chi connectivity index (χ0n) is 12.5. The summed E-state index contributed by atoms with van der Waals surface area (Å²) in [5.41, 5.74) is 4.17. The minimum atomic E-state index is 0.444. The highest BCUT2D eigenvalue weighted by atomic mass is 15.3. The third-order valence-corrected chi connectivity index (χ3v) is 4.04. The number of rotatable bonds is 3. The Morgan fingerprint density at radius 3 is 2.42 bits per heavy atom. The van der Waals surface area contributed by atoms with Gasteiger partial charge in [-0.3, -0.25) is 0 Å². The topological polar surface area (TPSA) is 67.1 Å². The van der Waals surface area contributed by atoms with Gasteiger partial charge in [-0.1, -0.05) is 20.8 Å². The Bertz CT molecular complexity index is 445. The van der Waals surface area contributed by atoms with Crippen molar-refractivity contribution >= 4 is 11.6 Å². The summed E-state index contributed by atoms with van der Waals surface area (Å²) < 4.78 is 0. The van der Waals surface area contributed by atoms with Gasteiger partial charge in [-0.2, -0.15) is 0 Å². The van der Waals surface area contributed by atoms with E-state index < -0.39 is 0 Å². The maximum atomic E-state index is 5.56. The number of hydrazine groups is 1. The van der Waals surface area contributed by atoms with E-state index in [9.17, 15) is 0 Å². The predicted molar refractivity (Wildman–Crippen MR) is 79.2 cm³/mol. The number of nitrogens with two attached hydrogens (primary N) is 1. The van der Waals surface area contributed by atoms with Crippen molar-refractivity contribution in [3.8, 4) is 0 Å². The first-order valence-corrected chi connectivity index (χ1v) is 7.06. The van der Waals surface area contributed by atoms with E-state index in [1.165, 1.54) is 12.8 Å². The summed E-state index contributed by atoms with van der Waals surface area (Å²) in [5.74, 6) is 8.18. The summed E-state index contributed by atoms with van der Waals surface area (Å²) in [6.07, 6.45) is 3.22. The Kier molecular flexibility index (Phi) is 3.94. The lowest BCUT2D eigenvalue weighted by molar-refractivity contribution is 0.279. The van der Waals surface area contributed by atoms with E-state index in [1.54, 1.807) is 0 Å². The van der Waals surface area contributed by atoms with E-state index >= 15 is 0 Å². The van der Waals surface area contributed by atoms with Crippen molar-refractivity contribution in [1.82, 2.24) is 9.97 Å². The van der Waals surface area contributed by atoms with Crippen LogP contribution in [0.4, 0.5) is 11.6 Å². The zero-order chi connectivity index (χ0) is 14.0. The Morgan fingerprint density at radius 2 is 1.89 bits per heavy atom. The number of anilines is 2. The molecule has 0 aromatic carbocycles. The Hall–Kier alpha value is -1.36. The first kappa shape index (κ1) is 14.1. The first-order chi connectivity index (χ1) is 8.96. The van der Waals surface area contributed by atoms with Crippen molar-refractivity contribution in [2.45, 2.75) is 47.0 Å². The molecule has 1 aromatic heterocycles. The number of nitrogens with zero attached hydrogens (tertiary/aromatic N) is 3. The van der Waals surface area contributed by atoms with Crippen LogP contribution in [0.25, 0.3) is 0 Å². The molecule has 0 amide bonds. The summed E-state index contributed by atoms with van der Waals surface area (Å²) in [4.78, 5) is 11.5. The van der Waals surface area contributed by atoms with Gasteiger partial charge in [-0.15, -0.1) is 0 Å². The molecule has 0 aliphatic carbocycles. The van der Waals surface area contributed by atoms with E-state index in [0.717, 1.165) is 42.5 Å². The van der Waals surface area contributed by atoms with Crippen LogP contribution in [-0.4, -0.2) is 23.1 Å². The lowest BCUT2D eigenvalue weighted by Gasteiger charge is -2.38. The highest BCUT2D eigenvalue weighted by Gasteiger charge is 2.27. The van der Waals surface area contributed by atoms with E-state index in [4.69, 9.17) is 10.8 Å². The third kappa shape index (κ3) is 2.97. The molecular formula is C14H25N5. The minimum absolute atomic E-state index is 0.444. The minimum Gasteiger partial charge on any atom is -0.356 e. The van der Waals surface area contributed by atoms with Gasteiger partial charge in [0.15, 0.2) is 0 Å². The van der Waals surface area contributed by atoms with Gasteiger partial charge < -0.3 is 10.3 Å². The van der Waals surface area contributed by atoms with Crippen molar-refractivity contribution in [3.63, 3.8) is 0 Å². The maximum Gasteiger partial charge on any atom is 0.148 e. The van der Waals surface area contributed by atoms with Gasteiger partial charge >= 0.3 is 0 Å². The molecule has 0 spiro atoms. The van der Waals surface area contributed by atoms with Gasteiger partial charge in [-0.25, -0.2) is 15.8 Å². The first-order valence-electron chi connectivity index (χ1n) is 7.06. The predicted octanol–water partition coefficient (Wildman–Crippen LogP) is 2.26. The molecule has 3 N–H and O–H groups in total. The van der Waals surface area contributed by atoms with Crippen LogP contribution in [0, 0.1) is 12.3 Å². The lowest BCUT2D eigenvalue weighted by Crippen LogP contribution is -2.38. The average molecular weight is 263 g/mol. The van der Waals surface area contributed by atoms with Gasteiger partial charge in [0.2, 0.25) is 0 Å². The second kappa shape index (κ2) is 5.33. The van der Waals surface area contributed by atoms with Crippen molar-refractivity contribution in [2.24, 2.45) is 11.3 Å². The molecule has 1 aliphatic heterocycles. The third-order valence-electron chi connectivity index (χ3n) is 4.04. The van der Waals surface area contributed by atoms with Crippen LogP contribution in [-0.2, 0) is 6.42 Å². The lowest BCUT2D eigenvalue weighted by atomic mass is 9.82. The average Bonchev–Trinajstić information content (AvgIpc) is 2.39. The number of piperidine rings is 1. The van der Waals surface area contributed by atoms with Crippen molar-refractivity contribution in [1.29, 1.82) is 0 Å². The van der Waals surface area contributed by atoms with Gasteiger partial charge in [0.05, 0.1) is 0 Å². The van der Waals surface area contributed by atoms with Crippen LogP contribution >= 0.6 is 0 Å². The highest BCUT2D eigenvalue weighted by Crippen LogP contribution is 2.33. The molecule has 19 heavy (non-hydrogen) atoms. The number of hydrogen-bond acceptors (Lipinski definition) is 5. The molecule has 1 fully saturated rings. The fraction of sp³-hybridized carbons (Fsp3) is 0.714. The summed E-state index contributed by atoms with van der Waals surface area (Å²) in [6.45, 7) is 10.9. The molecule has 106 valence electrons. The molecule has 1 aliphatic rings. The molecular weight excluding hydrogens is 238 g/mol. The summed E-state index contributed by atoms with van der Waals surface area (Å²) in [7, 11) is 0. The largest absolute Gasteiger partial charge is 0.356 e. The molecule has 0 unspecified atom stereocenters. The van der Waals surface area contributed by atoms with Gasteiger partial charge in [-0.05, 0) is 25.2 Å². The Labute approximate surface area is 115 Å². The van der Waals surface area contributed by atoms with Gasteiger partial charge in [0.25, 0.3) is 0 Å². The molecule has 2 heterocycles. The maximum absolute atomic E-state index is 5.56. The normalized spacial score (nSPS) is 18.5. The Balaban J connectivity index is 2.29. The molecule has 0 saturated carbocycles. The van der Waals surface area contributed by atoms with E-state index in [0.29, 0.717) is 5.41 Å². The summed E-state index contributed by atoms with van der Waals surface area (Å²) in [6, 6.07) is 0. The number of aryl methyl sites for hydroxylation is 1.